The Morgan fingerprint density at radius 2 is 2.11 bits per heavy atom. The van der Waals surface area contributed by atoms with Gasteiger partial charge >= 0.3 is 0 Å². The monoisotopic (exact) mass is 267 g/mol. The lowest BCUT2D eigenvalue weighted by Crippen LogP contribution is -2.36. The average Bonchev–Trinajstić information content (AvgIpc) is 2.57. The van der Waals surface area contributed by atoms with Gasteiger partial charge in [0.25, 0.3) is 0 Å². The molecule has 1 saturated heterocycles. The van der Waals surface area contributed by atoms with E-state index < -0.39 is 0 Å². The van der Waals surface area contributed by atoms with Crippen LogP contribution in [0.1, 0.15) is 43.8 Å². The molecule has 0 bridgehead atoms. The van der Waals surface area contributed by atoms with Crippen molar-refractivity contribution < 1.29 is 0 Å². The lowest BCUT2D eigenvalue weighted by molar-refractivity contribution is 0.277. The van der Waals surface area contributed by atoms with Gasteiger partial charge in [-0.1, -0.05) is 6.92 Å². The molecule has 0 saturated carbocycles. The first kappa shape index (κ1) is 13.9. The van der Waals surface area contributed by atoms with Crippen LogP contribution in [0.15, 0.2) is 0 Å². The Labute approximate surface area is 115 Å². The molecule has 1 aromatic heterocycles. The summed E-state index contributed by atoms with van der Waals surface area (Å²) in [7, 11) is 0. The van der Waals surface area contributed by atoms with Gasteiger partial charge in [0.2, 0.25) is 0 Å². The molecule has 0 unspecified atom stereocenters. The number of hydrogen-bond donors (Lipinski definition) is 0. The van der Waals surface area contributed by atoms with Crippen LogP contribution >= 0.6 is 11.8 Å². The summed E-state index contributed by atoms with van der Waals surface area (Å²) in [5.74, 6) is 1.26. The zero-order chi connectivity index (χ0) is 13.3. The average molecular weight is 267 g/mol. The van der Waals surface area contributed by atoms with Crippen molar-refractivity contribution in [3.63, 3.8) is 0 Å². The molecule has 1 fully saturated rings. The summed E-state index contributed by atoms with van der Waals surface area (Å²) >= 11 is 2.09. The van der Waals surface area contributed by atoms with E-state index in [0.717, 1.165) is 11.8 Å². The van der Waals surface area contributed by atoms with Gasteiger partial charge in [0.05, 0.1) is 5.69 Å². The minimum Gasteiger partial charge on any atom is -0.297 e. The van der Waals surface area contributed by atoms with Gasteiger partial charge in [0, 0.05) is 47.9 Å². The fourth-order valence-electron chi connectivity index (χ4n) is 2.69. The maximum atomic E-state index is 4.68. The van der Waals surface area contributed by atoms with Crippen LogP contribution in [0.5, 0.6) is 0 Å². The van der Waals surface area contributed by atoms with E-state index in [4.69, 9.17) is 0 Å². The molecule has 1 aromatic rings. The molecule has 0 aliphatic carbocycles. The molecule has 2 heterocycles. The molecule has 0 radical (unpaired) electrons. The third kappa shape index (κ3) is 2.91. The number of aromatic nitrogens is 2. The summed E-state index contributed by atoms with van der Waals surface area (Å²) in [6.07, 6.45) is 0. The number of aryl methyl sites for hydroxylation is 1. The largest absolute Gasteiger partial charge is 0.297 e. The van der Waals surface area contributed by atoms with Crippen LogP contribution in [0.25, 0.3) is 0 Å². The van der Waals surface area contributed by atoms with Crippen LogP contribution in [0.4, 0.5) is 0 Å². The molecule has 0 spiro atoms. The summed E-state index contributed by atoms with van der Waals surface area (Å²) in [5.41, 5.74) is 3.98. The number of thioether (sulfide) groups is 1. The molecule has 3 nitrogen and oxygen atoms in total. The van der Waals surface area contributed by atoms with Crippen LogP contribution in [0.2, 0.25) is 0 Å². The van der Waals surface area contributed by atoms with Crippen molar-refractivity contribution >= 4 is 11.8 Å². The Morgan fingerprint density at radius 3 is 2.67 bits per heavy atom. The predicted octanol–water partition coefficient (Wildman–Crippen LogP) is 3.02. The fraction of sp³-hybridized carbons (Fsp3) is 0.786. The van der Waals surface area contributed by atoms with Crippen molar-refractivity contribution in [2.75, 3.05) is 18.8 Å². The van der Waals surface area contributed by atoms with Crippen molar-refractivity contribution in [1.29, 1.82) is 0 Å². The maximum absolute atomic E-state index is 4.68. The fourth-order valence-corrected chi connectivity index (χ4v) is 3.77. The second-order valence-electron chi connectivity index (χ2n) is 5.60. The Kier molecular flexibility index (Phi) is 4.38. The van der Waals surface area contributed by atoms with Crippen molar-refractivity contribution in [2.45, 2.75) is 52.5 Å². The van der Waals surface area contributed by atoms with Crippen LogP contribution in [0.3, 0.4) is 0 Å². The van der Waals surface area contributed by atoms with Crippen molar-refractivity contribution in [3.05, 3.63) is 17.0 Å². The Morgan fingerprint density at radius 1 is 1.39 bits per heavy atom. The molecule has 4 heteroatoms. The van der Waals surface area contributed by atoms with Crippen LogP contribution < -0.4 is 0 Å². The summed E-state index contributed by atoms with van der Waals surface area (Å²) in [6, 6.07) is 0.452. The molecule has 1 aliphatic heterocycles. The van der Waals surface area contributed by atoms with Gasteiger partial charge in [0.1, 0.15) is 0 Å². The molecular weight excluding hydrogens is 242 g/mol. The number of nitrogens with zero attached hydrogens (tertiary/aromatic N) is 3. The Balaban J connectivity index is 2.13. The van der Waals surface area contributed by atoms with Gasteiger partial charge in [-0.2, -0.15) is 16.9 Å². The first-order valence-electron chi connectivity index (χ1n) is 6.87. The molecule has 2 rings (SSSR count). The third-order valence-corrected chi connectivity index (χ3v) is 4.81. The van der Waals surface area contributed by atoms with E-state index in [1.54, 1.807) is 0 Å². The quantitative estimate of drug-likeness (QED) is 0.840. The highest BCUT2D eigenvalue weighted by Crippen LogP contribution is 2.23. The molecule has 0 amide bonds. The molecule has 1 aliphatic rings. The first-order chi connectivity index (χ1) is 8.49. The Bertz CT molecular complexity index is 411. The van der Waals surface area contributed by atoms with E-state index in [9.17, 15) is 0 Å². The molecular formula is C14H25N3S. The second-order valence-corrected chi connectivity index (χ2v) is 7.15. The minimum atomic E-state index is 0.452. The van der Waals surface area contributed by atoms with Gasteiger partial charge in [-0.05, 0) is 27.7 Å². The highest BCUT2D eigenvalue weighted by molar-refractivity contribution is 7.99. The Hall–Kier alpha value is -0.480. The summed E-state index contributed by atoms with van der Waals surface area (Å²) < 4.78 is 2.16. The topological polar surface area (TPSA) is 21.1 Å². The van der Waals surface area contributed by atoms with Gasteiger partial charge < -0.3 is 0 Å². The number of hydrogen-bond acceptors (Lipinski definition) is 3. The van der Waals surface area contributed by atoms with E-state index in [1.165, 1.54) is 35.8 Å². The van der Waals surface area contributed by atoms with Crippen LogP contribution in [0, 0.1) is 13.8 Å². The van der Waals surface area contributed by atoms with Gasteiger partial charge in [-0.3, -0.25) is 9.58 Å². The van der Waals surface area contributed by atoms with Gasteiger partial charge in [0.15, 0.2) is 0 Å². The van der Waals surface area contributed by atoms with E-state index in [0.29, 0.717) is 6.04 Å². The molecule has 1 atom stereocenters. The lowest BCUT2D eigenvalue weighted by atomic mass is 10.1. The zero-order valence-electron chi connectivity index (χ0n) is 12.2. The highest BCUT2D eigenvalue weighted by atomic mass is 32.2. The molecule has 0 N–H and O–H groups in total. The van der Waals surface area contributed by atoms with Crippen molar-refractivity contribution in [1.82, 2.24) is 14.7 Å². The normalized spacial score (nSPS) is 21.8. The molecule has 0 aromatic carbocycles. The van der Waals surface area contributed by atoms with Gasteiger partial charge in [-0.15, -0.1) is 0 Å². The second kappa shape index (κ2) is 5.66. The SMILES string of the molecule is Cc1nn(C(C)C)c(C)c1CN1CCS[C@H](C)C1. The smallest absolute Gasteiger partial charge is 0.0641 e. The van der Waals surface area contributed by atoms with E-state index >= 15 is 0 Å². The maximum Gasteiger partial charge on any atom is 0.0641 e. The van der Waals surface area contributed by atoms with Crippen LogP contribution in [-0.2, 0) is 6.54 Å². The van der Waals surface area contributed by atoms with Gasteiger partial charge in [-0.25, -0.2) is 0 Å². The standard InChI is InChI=1S/C14H25N3S/c1-10(2)17-13(5)14(12(4)15-17)9-16-6-7-18-11(3)8-16/h10-11H,6-9H2,1-5H3/t11-/m1/s1. The highest BCUT2D eigenvalue weighted by Gasteiger charge is 2.20. The first-order valence-corrected chi connectivity index (χ1v) is 7.92. The molecule has 18 heavy (non-hydrogen) atoms. The van der Waals surface area contributed by atoms with Crippen molar-refractivity contribution in [2.24, 2.45) is 0 Å². The third-order valence-electron chi connectivity index (χ3n) is 3.67. The summed E-state index contributed by atoms with van der Waals surface area (Å²) in [4.78, 5) is 2.57. The predicted molar refractivity (Wildman–Crippen MR) is 79.3 cm³/mol. The van der Waals surface area contributed by atoms with E-state index in [2.05, 4.69) is 61.1 Å². The van der Waals surface area contributed by atoms with E-state index in [-0.39, 0.29) is 0 Å². The van der Waals surface area contributed by atoms with Crippen molar-refractivity contribution in [3.8, 4) is 0 Å². The summed E-state index contributed by atoms with van der Waals surface area (Å²) in [6.45, 7) is 14.5. The number of rotatable bonds is 3. The zero-order valence-corrected chi connectivity index (χ0v) is 13.0. The minimum absolute atomic E-state index is 0.452. The lowest BCUT2D eigenvalue weighted by Gasteiger charge is -2.30. The summed E-state index contributed by atoms with van der Waals surface area (Å²) in [5, 5.41) is 5.44. The van der Waals surface area contributed by atoms with Crippen LogP contribution in [-0.4, -0.2) is 38.8 Å². The molecule has 102 valence electrons. The van der Waals surface area contributed by atoms with E-state index in [1.807, 2.05) is 0 Å².